The molecule has 1 atom stereocenters. The van der Waals surface area contributed by atoms with Gasteiger partial charge in [-0.2, -0.15) is 0 Å². The molecule has 0 saturated carbocycles. The van der Waals surface area contributed by atoms with Crippen LogP contribution in [-0.4, -0.2) is 12.2 Å². The molecule has 4 N–H and O–H groups in total. The summed E-state index contributed by atoms with van der Waals surface area (Å²) in [6.45, 7) is 2.08. The van der Waals surface area contributed by atoms with Crippen molar-refractivity contribution >= 4 is 12.2 Å². The summed E-state index contributed by atoms with van der Waals surface area (Å²) in [4.78, 5) is 21.6. The minimum Gasteiger partial charge on any atom is -0.406 e. The molecule has 0 fully saturated rings. The molecule has 0 aliphatic heterocycles. The van der Waals surface area contributed by atoms with Crippen LogP contribution in [0.25, 0.3) is 0 Å². The highest BCUT2D eigenvalue weighted by molar-refractivity contribution is 5.73. The van der Waals surface area contributed by atoms with Crippen molar-refractivity contribution in [3.8, 4) is 11.5 Å². The summed E-state index contributed by atoms with van der Waals surface area (Å²) in [5.74, 6) is 0.612. The van der Waals surface area contributed by atoms with Gasteiger partial charge in [0, 0.05) is 0 Å². The zero-order chi connectivity index (χ0) is 13.3. The number of primary amides is 2. The third-order valence-corrected chi connectivity index (χ3v) is 3.00. The van der Waals surface area contributed by atoms with Crippen LogP contribution in [0.15, 0.2) is 12.1 Å². The Labute approximate surface area is 104 Å². The first kappa shape index (κ1) is 12.2. The maximum Gasteiger partial charge on any atom is 0.410 e. The Morgan fingerprint density at radius 3 is 2.28 bits per heavy atom. The van der Waals surface area contributed by atoms with Gasteiger partial charge < -0.3 is 20.9 Å². The van der Waals surface area contributed by atoms with Crippen LogP contribution in [0.2, 0.25) is 0 Å². The van der Waals surface area contributed by atoms with Crippen molar-refractivity contribution in [1.82, 2.24) is 0 Å². The molecule has 6 heteroatoms. The number of carbonyl (C=O) groups excluding carboxylic acids is 2. The summed E-state index contributed by atoms with van der Waals surface area (Å²) in [5, 5.41) is 0. The van der Waals surface area contributed by atoms with E-state index in [0.717, 1.165) is 24.0 Å². The first-order chi connectivity index (χ1) is 8.47. The molecule has 0 spiro atoms. The summed E-state index contributed by atoms with van der Waals surface area (Å²) >= 11 is 0. The number of nitrogens with two attached hydrogens (primary N) is 2. The number of amides is 2. The highest BCUT2D eigenvalue weighted by Gasteiger charge is 2.23. The van der Waals surface area contributed by atoms with Crippen LogP contribution in [-0.2, 0) is 6.42 Å². The third kappa shape index (κ3) is 2.37. The summed E-state index contributed by atoms with van der Waals surface area (Å²) in [5.41, 5.74) is 12.1. The normalized spacial score (nSPS) is 17.1. The average molecular weight is 250 g/mol. The van der Waals surface area contributed by atoms with E-state index in [2.05, 4.69) is 6.92 Å². The first-order valence-corrected chi connectivity index (χ1v) is 5.58. The van der Waals surface area contributed by atoms with Crippen molar-refractivity contribution in [2.75, 3.05) is 0 Å². The first-order valence-electron chi connectivity index (χ1n) is 5.58. The summed E-state index contributed by atoms with van der Waals surface area (Å²) in [6, 6.07) is 3.35. The fraction of sp³-hybridized carbons (Fsp3) is 0.333. The minimum atomic E-state index is -0.963. The minimum absolute atomic E-state index is 0.119. The molecule has 1 aromatic rings. The van der Waals surface area contributed by atoms with Crippen LogP contribution in [0.5, 0.6) is 11.5 Å². The third-order valence-electron chi connectivity index (χ3n) is 3.00. The molecule has 0 saturated heterocycles. The molecule has 2 amide bonds. The number of aryl methyl sites for hydroxylation is 1. The Hall–Kier alpha value is -2.24. The van der Waals surface area contributed by atoms with E-state index in [1.165, 1.54) is 0 Å². The van der Waals surface area contributed by atoms with Gasteiger partial charge in [-0.25, -0.2) is 9.59 Å². The van der Waals surface area contributed by atoms with Gasteiger partial charge >= 0.3 is 12.2 Å². The molecule has 1 aromatic carbocycles. The van der Waals surface area contributed by atoms with Gasteiger partial charge in [0.15, 0.2) is 11.5 Å². The highest BCUT2D eigenvalue weighted by Crippen LogP contribution is 2.40. The van der Waals surface area contributed by atoms with Gasteiger partial charge in [0.1, 0.15) is 0 Å². The summed E-state index contributed by atoms with van der Waals surface area (Å²) in [6.07, 6.45) is -0.0290. The smallest absolute Gasteiger partial charge is 0.406 e. The van der Waals surface area contributed by atoms with Crippen LogP contribution in [0, 0.1) is 0 Å². The standard InChI is InChI=1S/C12H14N2O4/c1-6-2-3-7-4-9(17-11(13)15)10(5-8(6)7)18-12(14)16/h4-6H,2-3H2,1H3,(H2,13,15)(H2,14,16). The zero-order valence-electron chi connectivity index (χ0n) is 9.93. The SMILES string of the molecule is CC1CCc2cc(OC(N)=O)c(OC(N)=O)cc21. The number of rotatable bonds is 2. The molecule has 6 nitrogen and oxygen atoms in total. The van der Waals surface area contributed by atoms with Crippen molar-refractivity contribution in [3.05, 3.63) is 23.3 Å². The zero-order valence-corrected chi connectivity index (χ0v) is 9.93. The van der Waals surface area contributed by atoms with Gasteiger partial charge in [-0.05, 0) is 42.0 Å². The van der Waals surface area contributed by atoms with Gasteiger partial charge in [-0.1, -0.05) is 6.92 Å². The molecule has 1 aliphatic carbocycles. The highest BCUT2D eigenvalue weighted by atomic mass is 16.6. The number of carbonyl (C=O) groups is 2. The topological polar surface area (TPSA) is 105 Å². The maximum absolute atomic E-state index is 10.8. The fourth-order valence-electron chi connectivity index (χ4n) is 2.20. The van der Waals surface area contributed by atoms with Crippen molar-refractivity contribution < 1.29 is 19.1 Å². The van der Waals surface area contributed by atoms with E-state index < -0.39 is 12.2 Å². The number of hydrogen-bond donors (Lipinski definition) is 2. The largest absolute Gasteiger partial charge is 0.410 e. The van der Waals surface area contributed by atoms with Gasteiger partial charge in [0.2, 0.25) is 0 Å². The summed E-state index contributed by atoms with van der Waals surface area (Å²) < 4.78 is 9.64. The molecule has 0 aromatic heterocycles. The van der Waals surface area contributed by atoms with E-state index in [9.17, 15) is 9.59 Å². The fourth-order valence-corrected chi connectivity index (χ4v) is 2.20. The Kier molecular flexibility index (Phi) is 3.10. The Balaban J connectivity index is 2.43. The van der Waals surface area contributed by atoms with Gasteiger partial charge in [-0.3, -0.25) is 0 Å². The van der Waals surface area contributed by atoms with Crippen LogP contribution in [0.4, 0.5) is 9.59 Å². The van der Waals surface area contributed by atoms with Crippen molar-refractivity contribution in [2.24, 2.45) is 11.5 Å². The number of hydrogen-bond acceptors (Lipinski definition) is 4. The number of benzene rings is 1. The summed E-state index contributed by atoms with van der Waals surface area (Å²) in [7, 11) is 0. The Bertz CT molecular complexity index is 513. The maximum atomic E-state index is 10.8. The van der Waals surface area contributed by atoms with E-state index in [1.54, 1.807) is 12.1 Å². The monoisotopic (exact) mass is 250 g/mol. The lowest BCUT2D eigenvalue weighted by molar-refractivity contribution is 0.200. The lowest BCUT2D eigenvalue weighted by Crippen LogP contribution is -2.20. The molecular formula is C12H14N2O4. The second-order valence-corrected chi connectivity index (χ2v) is 4.28. The molecule has 2 rings (SSSR count). The second-order valence-electron chi connectivity index (χ2n) is 4.28. The van der Waals surface area contributed by atoms with Gasteiger partial charge in [0.25, 0.3) is 0 Å². The molecule has 18 heavy (non-hydrogen) atoms. The van der Waals surface area contributed by atoms with Crippen LogP contribution in [0.3, 0.4) is 0 Å². The van der Waals surface area contributed by atoms with E-state index >= 15 is 0 Å². The predicted octanol–water partition coefficient (Wildman–Crippen LogP) is 1.65. The van der Waals surface area contributed by atoms with Crippen molar-refractivity contribution in [3.63, 3.8) is 0 Å². The Morgan fingerprint density at radius 2 is 1.72 bits per heavy atom. The molecule has 96 valence electrons. The average Bonchev–Trinajstić information content (AvgIpc) is 2.59. The van der Waals surface area contributed by atoms with Crippen LogP contribution < -0.4 is 20.9 Å². The predicted molar refractivity (Wildman–Crippen MR) is 63.6 cm³/mol. The molecule has 0 heterocycles. The molecule has 1 unspecified atom stereocenters. The van der Waals surface area contributed by atoms with Crippen LogP contribution in [0.1, 0.15) is 30.4 Å². The number of fused-ring (bicyclic) bond motifs is 1. The molecule has 0 bridgehead atoms. The lowest BCUT2D eigenvalue weighted by atomic mass is 10.0. The van der Waals surface area contributed by atoms with Crippen molar-refractivity contribution in [2.45, 2.75) is 25.7 Å². The molecule has 0 radical (unpaired) electrons. The second kappa shape index (κ2) is 4.56. The van der Waals surface area contributed by atoms with Gasteiger partial charge in [0.05, 0.1) is 0 Å². The Morgan fingerprint density at radius 1 is 1.17 bits per heavy atom. The molecule has 1 aliphatic rings. The van der Waals surface area contributed by atoms with Gasteiger partial charge in [-0.15, -0.1) is 0 Å². The van der Waals surface area contributed by atoms with E-state index in [4.69, 9.17) is 20.9 Å². The van der Waals surface area contributed by atoms with E-state index in [-0.39, 0.29) is 11.5 Å². The lowest BCUT2D eigenvalue weighted by Gasteiger charge is -2.12. The van der Waals surface area contributed by atoms with Crippen LogP contribution >= 0.6 is 0 Å². The van der Waals surface area contributed by atoms with E-state index in [0.29, 0.717) is 5.92 Å². The molecular weight excluding hydrogens is 236 g/mol. The van der Waals surface area contributed by atoms with Crippen molar-refractivity contribution in [1.29, 1.82) is 0 Å². The quantitative estimate of drug-likeness (QED) is 0.832. The number of ether oxygens (including phenoxy) is 2. The van der Waals surface area contributed by atoms with E-state index in [1.807, 2.05) is 0 Å².